The maximum Gasteiger partial charge on any atom is 0.141 e. The number of halogens is 1. The Morgan fingerprint density at radius 3 is 2.83 bits per heavy atom. The highest BCUT2D eigenvalue weighted by Crippen LogP contribution is 2.25. The Hall–Kier alpha value is -0.840. The zero-order chi connectivity index (χ0) is 8.55. The first-order chi connectivity index (χ1) is 5.79. The van der Waals surface area contributed by atoms with Crippen molar-refractivity contribution in [1.82, 2.24) is 4.98 Å². The summed E-state index contributed by atoms with van der Waals surface area (Å²) in [6.45, 7) is 0. The van der Waals surface area contributed by atoms with Crippen molar-refractivity contribution >= 4 is 33.5 Å². The van der Waals surface area contributed by atoms with E-state index in [0.29, 0.717) is 5.52 Å². The van der Waals surface area contributed by atoms with Crippen molar-refractivity contribution in [1.29, 1.82) is 0 Å². The Morgan fingerprint density at radius 1 is 1.25 bits per heavy atom. The molecule has 3 heteroatoms. The van der Waals surface area contributed by atoms with E-state index in [4.69, 9.17) is 0 Å². The molecular weight excluding hydrogens is 262 g/mol. The number of pyridine rings is 1. The summed E-state index contributed by atoms with van der Waals surface area (Å²) < 4.78 is 1.11. The van der Waals surface area contributed by atoms with Crippen LogP contribution in [0.15, 0.2) is 30.5 Å². The Balaban J connectivity index is 2.95. The average Bonchev–Trinajstić information content (AvgIpc) is 2.12. The Kier molecular flexibility index (Phi) is 1.88. The van der Waals surface area contributed by atoms with Gasteiger partial charge in [0.2, 0.25) is 0 Å². The Bertz CT molecular complexity index is 387. The minimum absolute atomic E-state index is 0.242. The van der Waals surface area contributed by atoms with Crippen LogP contribution in [0.2, 0.25) is 0 Å². The summed E-state index contributed by atoms with van der Waals surface area (Å²) in [7, 11) is 0. The predicted molar refractivity (Wildman–Crippen MR) is 56.1 cm³/mol. The van der Waals surface area contributed by atoms with Gasteiger partial charge in [0, 0.05) is 15.2 Å². The SMILES string of the molecule is Oc1ccc([124I])c2cccnc12. The van der Waals surface area contributed by atoms with Gasteiger partial charge in [-0.05, 0) is 40.8 Å². The molecule has 2 nitrogen and oxygen atoms in total. The Morgan fingerprint density at radius 2 is 2.08 bits per heavy atom. The number of aromatic hydroxyl groups is 1. The molecule has 0 aliphatic carbocycles. The molecule has 1 N–H and O–H groups in total. The summed E-state index contributed by atoms with van der Waals surface area (Å²) in [6, 6.07) is 7.35. The number of phenolic OH excluding ortho intramolecular Hbond substituents is 1. The van der Waals surface area contributed by atoms with Crippen molar-refractivity contribution in [2.75, 3.05) is 0 Å². The van der Waals surface area contributed by atoms with Gasteiger partial charge in [-0.1, -0.05) is 6.07 Å². The van der Waals surface area contributed by atoms with Crippen LogP contribution in [0.5, 0.6) is 5.75 Å². The van der Waals surface area contributed by atoms with Gasteiger partial charge in [0.1, 0.15) is 11.3 Å². The fourth-order valence-electron chi connectivity index (χ4n) is 1.12. The average molecular weight is 268 g/mol. The lowest BCUT2D eigenvalue weighted by atomic mass is 10.2. The van der Waals surface area contributed by atoms with Crippen molar-refractivity contribution in [3.05, 3.63) is 34.0 Å². The van der Waals surface area contributed by atoms with Crippen molar-refractivity contribution in [3.63, 3.8) is 0 Å². The molecule has 2 rings (SSSR count). The second-order valence-electron chi connectivity index (χ2n) is 2.47. The second-order valence-corrected chi connectivity index (χ2v) is 3.63. The van der Waals surface area contributed by atoms with E-state index in [0.717, 1.165) is 8.96 Å². The molecular formula is C9H6INO. The van der Waals surface area contributed by atoms with Crippen molar-refractivity contribution in [2.45, 2.75) is 0 Å². The van der Waals surface area contributed by atoms with E-state index >= 15 is 0 Å². The number of benzene rings is 1. The molecule has 0 fully saturated rings. The fraction of sp³-hybridized carbons (Fsp3) is 0. The summed E-state index contributed by atoms with van der Waals surface area (Å²) >= 11 is 2.22. The first kappa shape index (κ1) is 7.79. The fourth-order valence-corrected chi connectivity index (χ4v) is 1.74. The number of phenols is 1. The summed E-state index contributed by atoms with van der Waals surface area (Å²) in [6.07, 6.45) is 1.68. The molecule has 0 aliphatic rings. The molecule has 0 saturated heterocycles. The van der Waals surface area contributed by atoms with Gasteiger partial charge in [-0.2, -0.15) is 0 Å². The van der Waals surface area contributed by atoms with Gasteiger partial charge >= 0.3 is 0 Å². The molecule has 60 valence electrons. The zero-order valence-electron chi connectivity index (χ0n) is 6.16. The highest BCUT2D eigenvalue weighted by molar-refractivity contribution is 14.1. The zero-order valence-corrected chi connectivity index (χ0v) is 8.32. The molecule has 2 aromatic rings. The van der Waals surface area contributed by atoms with Gasteiger partial charge in [-0.3, -0.25) is 4.98 Å². The van der Waals surface area contributed by atoms with Crippen LogP contribution in [0.3, 0.4) is 0 Å². The summed E-state index contributed by atoms with van der Waals surface area (Å²) in [4.78, 5) is 4.09. The highest BCUT2D eigenvalue weighted by Gasteiger charge is 2.02. The largest absolute Gasteiger partial charge is 0.506 e. The number of fused-ring (bicyclic) bond motifs is 1. The molecule has 0 spiro atoms. The van der Waals surface area contributed by atoms with Gasteiger partial charge in [-0.15, -0.1) is 0 Å². The molecule has 0 amide bonds. The molecule has 1 aromatic heterocycles. The summed E-state index contributed by atoms with van der Waals surface area (Å²) in [5, 5.41) is 10.4. The maximum atomic E-state index is 9.43. The minimum Gasteiger partial charge on any atom is -0.506 e. The number of hydrogen-bond donors (Lipinski definition) is 1. The molecule has 1 heterocycles. The normalized spacial score (nSPS) is 10.4. The lowest BCUT2D eigenvalue weighted by Gasteiger charge is -2.00. The first-order valence-corrected chi connectivity index (χ1v) is 4.59. The van der Waals surface area contributed by atoms with Crippen LogP contribution >= 0.6 is 22.6 Å². The van der Waals surface area contributed by atoms with Crippen LogP contribution in [-0.4, -0.2) is 10.1 Å². The molecule has 0 bridgehead atoms. The highest BCUT2D eigenvalue weighted by atomic mass is 124. The van der Waals surface area contributed by atoms with Crippen molar-refractivity contribution < 1.29 is 5.11 Å². The molecule has 1 aromatic carbocycles. The van der Waals surface area contributed by atoms with Gasteiger partial charge < -0.3 is 5.11 Å². The minimum atomic E-state index is 0.242. The third kappa shape index (κ3) is 1.14. The third-order valence-electron chi connectivity index (χ3n) is 1.70. The lowest BCUT2D eigenvalue weighted by Crippen LogP contribution is -1.81. The molecule has 0 unspecified atom stereocenters. The monoisotopic (exact) mass is 268 g/mol. The molecule has 0 atom stereocenters. The van der Waals surface area contributed by atoms with Crippen LogP contribution in [0.1, 0.15) is 0 Å². The van der Waals surface area contributed by atoms with Gasteiger partial charge in [-0.25, -0.2) is 0 Å². The number of aromatic nitrogens is 1. The van der Waals surface area contributed by atoms with Crippen LogP contribution in [0, 0.1) is 3.57 Å². The van der Waals surface area contributed by atoms with E-state index in [1.807, 2.05) is 18.2 Å². The first-order valence-electron chi connectivity index (χ1n) is 3.51. The molecule has 0 saturated carbocycles. The van der Waals surface area contributed by atoms with E-state index in [-0.39, 0.29) is 5.75 Å². The van der Waals surface area contributed by atoms with E-state index < -0.39 is 0 Å². The van der Waals surface area contributed by atoms with E-state index in [9.17, 15) is 5.11 Å². The van der Waals surface area contributed by atoms with Gasteiger partial charge in [0.05, 0.1) is 0 Å². The third-order valence-corrected chi connectivity index (χ3v) is 2.64. The standard InChI is InChI=1S/C9H6INO/c10-7-3-4-8(12)9-6(7)2-1-5-11-9/h1-5,12H/i10-3. The number of hydrogen-bond acceptors (Lipinski definition) is 2. The topological polar surface area (TPSA) is 33.1 Å². The van der Waals surface area contributed by atoms with Crippen LogP contribution < -0.4 is 0 Å². The van der Waals surface area contributed by atoms with E-state index in [1.54, 1.807) is 12.3 Å². The van der Waals surface area contributed by atoms with E-state index in [1.165, 1.54) is 0 Å². The molecule has 0 radical (unpaired) electrons. The maximum absolute atomic E-state index is 9.43. The van der Waals surface area contributed by atoms with Gasteiger partial charge in [0.15, 0.2) is 0 Å². The van der Waals surface area contributed by atoms with Crippen LogP contribution in [-0.2, 0) is 0 Å². The second kappa shape index (κ2) is 2.90. The molecule has 12 heavy (non-hydrogen) atoms. The van der Waals surface area contributed by atoms with Gasteiger partial charge in [0.25, 0.3) is 0 Å². The number of nitrogens with zero attached hydrogens (tertiary/aromatic N) is 1. The lowest BCUT2D eigenvalue weighted by molar-refractivity contribution is 0.480. The van der Waals surface area contributed by atoms with Crippen LogP contribution in [0.4, 0.5) is 0 Å². The summed E-state index contributed by atoms with van der Waals surface area (Å²) in [5.74, 6) is 0.242. The quantitative estimate of drug-likeness (QED) is 0.745. The van der Waals surface area contributed by atoms with Crippen molar-refractivity contribution in [3.8, 4) is 5.75 Å². The molecule has 0 aliphatic heterocycles. The summed E-state index contributed by atoms with van der Waals surface area (Å²) in [5.41, 5.74) is 0.671. The van der Waals surface area contributed by atoms with Crippen molar-refractivity contribution in [2.24, 2.45) is 0 Å². The number of rotatable bonds is 0. The predicted octanol–water partition coefficient (Wildman–Crippen LogP) is 2.55. The van der Waals surface area contributed by atoms with E-state index in [2.05, 4.69) is 27.6 Å². The van der Waals surface area contributed by atoms with Crippen LogP contribution in [0.25, 0.3) is 10.9 Å². The smallest absolute Gasteiger partial charge is 0.141 e. The Labute approximate surface area is 83.4 Å².